The van der Waals surface area contributed by atoms with Gasteiger partial charge in [0.05, 0.1) is 17.2 Å². The van der Waals surface area contributed by atoms with Crippen LogP contribution in [0.3, 0.4) is 0 Å². The van der Waals surface area contributed by atoms with E-state index in [1.807, 2.05) is 30.3 Å². The molecule has 3 N–H and O–H groups in total. The Labute approximate surface area is 98.6 Å². The van der Waals surface area contributed by atoms with Crippen LogP contribution in [-0.2, 0) is 6.42 Å². The molecule has 1 atom stereocenters. The van der Waals surface area contributed by atoms with Crippen LogP contribution >= 0.6 is 11.3 Å². The fourth-order valence-corrected chi connectivity index (χ4v) is 2.53. The van der Waals surface area contributed by atoms with Gasteiger partial charge in [-0.1, -0.05) is 6.07 Å². The molecule has 0 aromatic carbocycles. The first-order valence-corrected chi connectivity index (χ1v) is 5.98. The first-order valence-electron chi connectivity index (χ1n) is 5.16. The highest BCUT2D eigenvalue weighted by Gasteiger charge is 2.07. The van der Waals surface area contributed by atoms with Crippen molar-refractivity contribution in [3.63, 3.8) is 0 Å². The van der Waals surface area contributed by atoms with Crippen molar-refractivity contribution in [2.75, 3.05) is 6.61 Å². The summed E-state index contributed by atoms with van der Waals surface area (Å²) in [6, 6.07) is 9.79. The maximum atomic E-state index is 8.89. The van der Waals surface area contributed by atoms with Gasteiger partial charge in [0.2, 0.25) is 0 Å². The Balaban J connectivity index is 2.14. The molecule has 0 aliphatic rings. The fraction of sp³-hybridized carbons (Fsp3) is 0.250. The Bertz CT molecular complexity index is 441. The number of nitrogens with two attached hydrogens (primary N) is 1. The van der Waals surface area contributed by atoms with Gasteiger partial charge in [0.25, 0.3) is 0 Å². The molecule has 2 aromatic heterocycles. The molecule has 16 heavy (non-hydrogen) atoms. The summed E-state index contributed by atoms with van der Waals surface area (Å²) in [5.41, 5.74) is 6.68. The lowest BCUT2D eigenvalue weighted by Crippen LogP contribution is -2.26. The van der Waals surface area contributed by atoms with E-state index in [1.165, 1.54) is 4.88 Å². The van der Waals surface area contributed by atoms with Crippen LogP contribution in [0.25, 0.3) is 10.6 Å². The third-order valence-electron chi connectivity index (χ3n) is 2.28. The van der Waals surface area contributed by atoms with Crippen LogP contribution in [0.4, 0.5) is 0 Å². The Morgan fingerprint density at radius 3 is 2.88 bits per heavy atom. The quantitative estimate of drug-likeness (QED) is 0.846. The smallest absolute Gasteiger partial charge is 0.0801 e. The molecule has 2 aromatic rings. The molecule has 0 spiro atoms. The first-order chi connectivity index (χ1) is 7.79. The second-order valence-electron chi connectivity index (χ2n) is 3.63. The Kier molecular flexibility index (Phi) is 3.66. The summed E-state index contributed by atoms with van der Waals surface area (Å²) < 4.78 is 0. The molecule has 2 rings (SSSR count). The van der Waals surface area contributed by atoms with Gasteiger partial charge in [0, 0.05) is 17.1 Å². The molecule has 0 aliphatic heterocycles. The number of nitrogens with zero attached hydrogens (tertiary/aromatic N) is 1. The number of aliphatic hydroxyl groups excluding tert-OH is 1. The zero-order chi connectivity index (χ0) is 11.4. The van der Waals surface area contributed by atoms with E-state index in [-0.39, 0.29) is 12.6 Å². The normalized spacial score (nSPS) is 12.6. The summed E-state index contributed by atoms with van der Waals surface area (Å²) in [4.78, 5) is 6.61. The summed E-state index contributed by atoms with van der Waals surface area (Å²) in [7, 11) is 0. The van der Waals surface area contributed by atoms with Gasteiger partial charge in [0.1, 0.15) is 0 Å². The average molecular weight is 234 g/mol. The van der Waals surface area contributed by atoms with Crippen molar-refractivity contribution in [2.24, 2.45) is 5.73 Å². The summed E-state index contributed by atoms with van der Waals surface area (Å²) >= 11 is 1.68. The van der Waals surface area contributed by atoms with E-state index in [0.29, 0.717) is 6.42 Å². The molecule has 4 heteroatoms. The third-order valence-corrected chi connectivity index (χ3v) is 3.41. The van der Waals surface area contributed by atoms with Crippen LogP contribution in [0.5, 0.6) is 0 Å². The maximum Gasteiger partial charge on any atom is 0.0801 e. The number of pyridine rings is 1. The predicted molar refractivity (Wildman–Crippen MR) is 66.3 cm³/mol. The number of hydrogen-bond acceptors (Lipinski definition) is 4. The highest BCUT2D eigenvalue weighted by atomic mass is 32.1. The summed E-state index contributed by atoms with van der Waals surface area (Å²) in [5.74, 6) is 0. The van der Waals surface area contributed by atoms with Crippen LogP contribution in [0, 0.1) is 0 Å². The molecule has 1 unspecified atom stereocenters. The van der Waals surface area contributed by atoms with Crippen LogP contribution in [0.2, 0.25) is 0 Å². The maximum absolute atomic E-state index is 8.89. The molecular formula is C12H14N2OS. The zero-order valence-electron chi connectivity index (χ0n) is 8.84. The van der Waals surface area contributed by atoms with Crippen molar-refractivity contribution in [1.82, 2.24) is 4.98 Å². The summed E-state index contributed by atoms with van der Waals surface area (Å²) in [6.45, 7) is 0.0246. The minimum Gasteiger partial charge on any atom is -0.395 e. The number of aromatic nitrogens is 1. The van der Waals surface area contributed by atoms with Gasteiger partial charge in [-0.3, -0.25) is 4.98 Å². The third kappa shape index (κ3) is 2.66. The minimum absolute atomic E-state index is 0.0246. The van der Waals surface area contributed by atoms with Gasteiger partial charge in [0.15, 0.2) is 0 Å². The average Bonchev–Trinajstić information content (AvgIpc) is 2.78. The molecular weight excluding hydrogens is 220 g/mol. The van der Waals surface area contributed by atoms with Crippen LogP contribution in [0.1, 0.15) is 4.88 Å². The molecule has 0 saturated carbocycles. The van der Waals surface area contributed by atoms with Crippen LogP contribution < -0.4 is 5.73 Å². The van der Waals surface area contributed by atoms with Crippen LogP contribution in [-0.4, -0.2) is 22.7 Å². The van der Waals surface area contributed by atoms with Gasteiger partial charge in [-0.15, -0.1) is 11.3 Å². The van der Waals surface area contributed by atoms with E-state index in [2.05, 4.69) is 4.98 Å². The number of thiophene rings is 1. The molecule has 3 nitrogen and oxygen atoms in total. The highest BCUT2D eigenvalue weighted by Crippen LogP contribution is 2.26. The van der Waals surface area contributed by atoms with Gasteiger partial charge in [-0.2, -0.15) is 0 Å². The van der Waals surface area contributed by atoms with Crippen molar-refractivity contribution in [3.05, 3.63) is 41.4 Å². The van der Waals surface area contributed by atoms with Crippen molar-refractivity contribution >= 4 is 11.3 Å². The second-order valence-corrected chi connectivity index (χ2v) is 4.80. The summed E-state index contributed by atoms with van der Waals surface area (Å²) in [5, 5.41) is 8.89. The van der Waals surface area contributed by atoms with Crippen molar-refractivity contribution in [2.45, 2.75) is 12.5 Å². The Morgan fingerprint density at radius 1 is 1.31 bits per heavy atom. The lowest BCUT2D eigenvalue weighted by molar-refractivity contribution is 0.266. The fourth-order valence-electron chi connectivity index (χ4n) is 1.46. The number of rotatable bonds is 4. The molecule has 0 bridgehead atoms. The van der Waals surface area contributed by atoms with Gasteiger partial charge < -0.3 is 10.8 Å². The number of hydrogen-bond donors (Lipinski definition) is 2. The second kappa shape index (κ2) is 5.21. The van der Waals surface area contributed by atoms with Crippen LogP contribution in [0.15, 0.2) is 36.5 Å². The van der Waals surface area contributed by atoms with Crippen molar-refractivity contribution in [1.29, 1.82) is 0 Å². The Hall–Kier alpha value is -1.23. The molecule has 0 saturated heterocycles. The molecule has 84 valence electrons. The van der Waals surface area contributed by atoms with Gasteiger partial charge >= 0.3 is 0 Å². The largest absolute Gasteiger partial charge is 0.395 e. The van der Waals surface area contributed by atoms with Gasteiger partial charge in [-0.05, 0) is 30.7 Å². The Morgan fingerprint density at radius 2 is 2.19 bits per heavy atom. The predicted octanol–water partition coefficient (Wildman–Crippen LogP) is 1.67. The molecule has 0 aliphatic carbocycles. The highest BCUT2D eigenvalue weighted by molar-refractivity contribution is 7.15. The van der Waals surface area contributed by atoms with E-state index in [4.69, 9.17) is 10.8 Å². The van der Waals surface area contributed by atoms with E-state index in [0.717, 1.165) is 10.6 Å². The topological polar surface area (TPSA) is 59.1 Å². The van der Waals surface area contributed by atoms with E-state index in [9.17, 15) is 0 Å². The molecule has 0 amide bonds. The zero-order valence-corrected chi connectivity index (χ0v) is 9.65. The minimum atomic E-state index is -0.171. The molecule has 0 radical (unpaired) electrons. The lowest BCUT2D eigenvalue weighted by atomic mass is 10.2. The molecule has 2 heterocycles. The molecule has 0 fully saturated rings. The van der Waals surface area contributed by atoms with E-state index < -0.39 is 0 Å². The van der Waals surface area contributed by atoms with Gasteiger partial charge in [-0.25, -0.2) is 0 Å². The summed E-state index contributed by atoms with van der Waals surface area (Å²) in [6.07, 6.45) is 2.50. The number of aliphatic hydroxyl groups is 1. The van der Waals surface area contributed by atoms with E-state index in [1.54, 1.807) is 17.5 Å². The monoisotopic (exact) mass is 234 g/mol. The van der Waals surface area contributed by atoms with E-state index >= 15 is 0 Å². The first kappa shape index (κ1) is 11.3. The standard InChI is InChI=1S/C12H14N2OS/c13-9(8-15)7-10-4-5-12(16-10)11-3-1-2-6-14-11/h1-6,9,15H,7-8,13H2. The van der Waals surface area contributed by atoms with Crippen molar-refractivity contribution in [3.8, 4) is 10.6 Å². The lowest BCUT2D eigenvalue weighted by Gasteiger charge is -2.04. The van der Waals surface area contributed by atoms with Crippen molar-refractivity contribution < 1.29 is 5.11 Å². The SMILES string of the molecule is NC(CO)Cc1ccc(-c2ccccn2)s1.